The van der Waals surface area contributed by atoms with Crippen molar-refractivity contribution in [2.24, 2.45) is 0 Å². The van der Waals surface area contributed by atoms with Crippen LogP contribution in [-0.4, -0.2) is 29.5 Å². The highest BCUT2D eigenvalue weighted by molar-refractivity contribution is 7.86. The summed E-state index contributed by atoms with van der Waals surface area (Å²) in [6.45, 7) is 6.32. The van der Waals surface area contributed by atoms with Gasteiger partial charge in [-0.3, -0.25) is 9.40 Å². The van der Waals surface area contributed by atoms with Gasteiger partial charge in [0.15, 0.2) is 22.4 Å². The second-order valence-corrected chi connectivity index (χ2v) is 10.7. The topological polar surface area (TPSA) is 111 Å². The van der Waals surface area contributed by atoms with Crippen LogP contribution >= 0.6 is 0 Å². The van der Waals surface area contributed by atoms with Crippen LogP contribution in [0.1, 0.15) is 29.5 Å². The second-order valence-electron chi connectivity index (χ2n) is 8.28. The van der Waals surface area contributed by atoms with E-state index in [4.69, 9.17) is 9.26 Å². The Morgan fingerprint density at radius 3 is 2.86 bits per heavy atom. The van der Waals surface area contributed by atoms with Gasteiger partial charge in [-0.1, -0.05) is 29.9 Å². The largest absolute Gasteiger partial charge is 0.489 e. The zero-order chi connectivity index (χ0) is 24.4. The van der Waals surface area contributed by atoms with Gasteiger partial charge in [0.05, 0.1) is 23.7 Å². The van der Waals surface area contributed by atoms with E-state index in [2.05, 4.69) is 26.3 Å². The van der Waals surface area contributed by atoms with Crippen LogP contribution in [0.3, 0.4) is 0 Å². The Labute approximate surface area is 207 Å². The molecule has 4 aromatic rings. The SMILES string of the molecule is C=CS(=O)NCc1cnn(Cc2cc(OC3CC3)c3c(NS(=O)c4ccccc4C)noc3c2)c1. The minimum atomic E-state index is -1.50. The van der Waals surface area contributed by atoms with Gasteiger partial charge in [0.25, 0.3) is 0 Å². The van der Waals surface area contributed by atoms with Gasteiger partial charge in [-0.05, 0) is 49.1 Å². The van der Waals surface area contributed by atoms with Crippen LogP contribution in [0.15, 0.2) is 70.2 Å². The summed E-state index contributed by atoms with van der Waals surface area (Å²) < 4.78 is 43.9. The van der Waals surface area contributed by atoms with Crippen molar-refractivity contribution in [1.82, 2.24) is 19.7 Å². The number of aromatic nitrogens is 3. The Kier molecular flexibility index (Phi) is 6.80. The highest BCUT2D eigenvalue weighted by Gasteiger charge is 2.27. The normalized spacial score (nSPS) is 15.1. The van der Waals surface area contributed by atoms with E-state index < -0.39 is 22.0 Å². The van der Waals surface area contributed by atoms with Crippen LogP contribution < -0.4 is 14.2 Å². The standard InChI is InChI=1S/C24H25N5O4S2/c1-3-34(30)26-13-18-12-25-29(15-18)14-17-10-20(32-19-8-9-19)23-21(11-17)33-27-24(23)28-35(31)22-7-5-4-6-16(22)2/h3-7,10-12,15,19,26H,1,8-9,13-14H2,2H3,(H,27,28). The summed E-state index contributed by atoms with van der Waals surface area (Å²) in [5.41, 5.74) is 3.29. The number of hydrogen-bond acceptors (Lipinski definition) is 6. The number of anilines is 1. The van der Waals surface area contributed by atoms with Crippen molar-refractivity contribution in [1.29, 1.82) is 0 Å². The molecule has 35 heavy (non-hydrogen) atoms. The van der Waals surface area contributed by atoms with Crippen LogP contribution in [0.25, 0.3) is 11.0 Å². The molecule has 9 nitrogen and oxygen atoms in total. The molecule has 0 saturated heterocycles. The van der Waals surface area contributed by atoms with E-state index in [0.29, 0.717) is 40.5 Å². The molecule has 2 aromatic carbocycles. The first-order valence-corrected chi connectivity index (χ1v) is 13.5. The van der Waals surface area contributed by atoms with Gasteiger partial charge in [-0.2, -0.15) is 5.10 Å². The van der Waals surface area contributed by atoms with Crippen molar-refractivity contribution in [2.75, 3.05) is 4.72 Å². The first kappa shape index (κ1) is 23.5. The Morgan fingerprint density at radius 1 is 1.26 bits per heavy atom. The lowest BCUT2D eigenvalue weighted by Gasteiger charge is -2.11. The van der Waals surface area contributed by atoms with Crippen LogP contribution in [0.2, 0.25) is 0 Å². The molecule has 2 N–H and O–H groups in total. The molecule has 0 spiro atoms. The van der Waals surface area contributed by atoms with E-state index in [0.717, 1.165) is 29.5 Å². The first-order chi connectivity index (χ1) is 17.0. The van der Waals surface area contributed by atoms with E-state index >= 15 is 0 Å². The van der Waals surface area contributed by atoms with Crippen LogP contribution in [-0.2, 0) is 35.1 Å². The number of benzene rings is 2. The molecule has 1 aliphatic rings. The quantitative estimate of drug-likeness (QED) is 0.315. The van der Waals surface area contributed by atoms with Gasteiger partial charge in [-0.15, -0.1) is 0 Å². The van der Waals surface area contributed by atoms with Crippen molar-refractivity contribution in [2.45, 2.75) is 43.9 Å². The predicted octanol–water partition coefficient (Wildman–Crippen LogP) is 3.95. The van der Waals surface area contributed by atoms with Crippen molar-refractivity contribution >= 4 is 38.8 Å². The number of nitrogens with zero attached hydrogens (tertiary/aromatic N) is 3. The first-order valence-electron chi connectivity index (χ1n) is 11.1. The van der Waals surface area contributed by atoms with E-state index in [-0.39, 0.29) is 6.10 Å². The minimum absolute atomic E-state index is 0.158. The fourth-order valence-electron chi connectivity index (χ4n) is 3.60. The van der Waals surface area contributed by atoms with Crippen molar-refractivity contribution in [3.8, 4) is 5.75 Å². The Balaban J connectivity index is 1.40. The molecule has 1 fully saturated rings. The summed E-state index contributed by atoms with van der Waals surface area (Å²) in [7, 11) is -2.78. The molecule has 0 bridgehead atoms. The highest BCUT2D eigenvalue weighted by atomic mass is 32.2. The third-order valence-corrected chi connectivity index (χ3v) is 7.47. The molecule has 1 aliphatic carbocycles. The van der Waals surface area contributed by atoms with Gasteiger partial charge < -0.3 is 9.26 Å². The third-order valence-electron chi connectivity index (χ3n) is 5.50. The van der Waals surface area contributed by atoms with Gasteiger partial charge in [0.1, 0.15) is 22.1 Å². The lowest BCUT2D eigenvalue weighted by molar-refractivity contribution is 0.306. The van der Waals surface area contributed by atoms with Gasteiger partial charge in [-0.25, -0.2) is 13.1 Å². The molecule has 182 valence electrons. The number of nitrogens with one attached hydrogen (secondary N) is 2. The maximum absolute atomic E-state index is 13.0. The molecule has 0 aliphatic heterocycles. The van der Waals surface area contributed by atoms with E-state index in [1.807, 2.05) is 49.5 Å². The summed E-state index contributed by atoms with van der Waals surface area (Å²) in [6, 6.07) is 11.3. The molecule has 2 unspecified atom stereocenters. The third kappa shape index (κ3) is 5.53. The summed E-state index contributed by atoms with van der Waals surface area (Å²) in [5, 5.41) is 10.6. The Morgan fingerprint density at radius 2 is 2.09 bits per heavy atom. The van der Waals surface area contributed by atoms with Gasteiger partial charge in [0, 0.05) is 23.7 Å². The molecule has 11 heteroatoms. The number of aryl methyl sites for hydroxylation is 1. The Bertz CT molecular complexity index is 1430. The number of hydrogen-bond donors (Lipinski definition) is 2. The van der Waals surface area contributed by atoms with E-state index in [1.54, 1.807) is 10.9 Å². The average molecular weight is 512 g/mol. The van der Waals surface area contributed by atoms with Gasteiger partial charge in [0.2, 0.25) is 0 Å². The monoisotopic (exact) mass is 511 g/mol. The summed E-state index contributed by atoms with van der Waals surface area (Å²) in [5.74, 6) is 1.02. The lowest BCUT2D eigenvalue weighted by atomic mass is 10.1. The summed E-state index contributed by atoms with van der Waals surface area (Å²) in [4.78, 5) is 0.686. The maximum Gasteiger partial charge on any atom is 0.193 e. The molecule has 0 amide bonds. The molecule has 2 atom stereocenters. The molecule has 0 radical (unpaired) electrons. The van der Waals surface area contributed by atoms with Crippen LogP contribution in [0.5, 0.6) is 5.75 Å². The fourth-order valence-corrected chi connectivity index (χ4v) is 5.02. The zero-order valence-electron chi connectivity index (χ0n) is 19.1. The van der Waals surface area contributed by atoms with Crippen molar-refractivity contribution < 1.29 is 17.7 Å². The number of fused-ring (bicyclic) bond motifs is 1. The maximum atomic E-state index is 13.0. The predicted molar refractivity (Wildman–Crippen MR) is 135 cm³/mol. The van der Waals surface area contributed by atoms with Crippen LogP contribution in [0.4, 0.5) is 5.82 Å². The molecular weight excluding hydrogens is 486 g/mol. The fraction of sp³-hybridized carbons (Fsp3) is 0.250. The summed E-state index contributed by atoms with van der Waals surface area (Å²) >= 11 is 0. The van der Waals surface area contributed by atoms with E-state index in [9.17, 15) is 8.42 Å². The minimum Gasteiger partial charge on any atom is -0.489 e. The van der Waals surface area contributed by atoms with Gasteiger partial charge >= 0.3 is 0 Å². The molecule has 2 aromatic heterocycles. The molecule has 1 saturated carbocycles. The number of ether oxygens (including phenoxy) is 1. The molecule has 2 heterocycles. The molecule has 5 rings (SSSR count). The lowest BCUT2D eigenvalue weighted by Crippen LogP contribution is -2.13. The average Bonchev–Trinajstić information content (AvgIpc) is 3.40. The summed E-state index contributed by atoms with van der Waals surface area (Å²) in [6.07, 6.45) is 5.77. The highest BCUT2D eigenvalue weighted by Crippen LogP contribution is 2.38. The zero-order valence-corrected chi connectivity index (χ0v) is 20.7. The second kappa shape index (κ2) is 10.1. The Hall–Kier alpha value is -3.28. The van der Waals surface area contributed by atoms with Crippen LogP contribution in [0, 0.1) is 6.92 Å². The smallest absolute Gasteiger partial charge is 0.193 e. The molecular formula is C24H25N5O4S2. The number of rotatable bonds is 11. The van der Waals surface area contributed by atoms with Crippen molar-refractivity contribution in [3.05, 3.63) is 77.5 Å². The van der Waals surface area contributed by atoms with E-state index in [1.165, 1.54) is 5.41 Å². The van der Waals surface area contributed by atoms with Crippen molar-refractivity contribution in [3.63, 3.8) is 0 Å².